The van der Waals surface area contributed by atoms with Gasteiger partial charge in [-0.2, -0.15) is 18.3 Å². The smallest absolute Gasteiger partial charge is 0.338 e. The summed E-state index contributed by atoms with van der Waals surface area (Å²) in [6.07, 6.45) is 1.34. The molecule has 1 saturated heterocycles. The second kappa shape index (κ2) is 6.38. The Hall–Kier alpha value is -1.57. The maximum atomic E-state index is 13.6. The normalized spacial score (nSPS) is 22.2. The molecule has 0 atom stereocenters. The van der Waals surface area contributed by atoms with Crippen LogP contribution in [0.3, 0.4) is 0 Å². The van der Waals surface area contributed by atoms with E-state index >= 15 is 0 Å². The zero-order valence-electron chi connectivity index (χ0n) is 13.8. The second-order valence-corrected chi connectivity index (χ2v) is 6.76. The Balaban J connectivity index is 1.72. The predicted molar refractivity (Wildman–Crippen MR) is 82.7 cm³/mol. The molecule has 2 heterocycles. The second-order valence-electron chi connectivity index (χ2n) is 6.76. The molecule has 1 aliphatic carbocycles. The molecule has 5 nitrogen and oxygen atoms in total. The Morgan fingerprint density at radius 2 is 2.04 bits per heavy atom. The number of alkyl halides is 3. The van der Waals surface area contributed by atoms with E-state index in [1.807, 2.05) is 11.8 Å². The number of amides is 1. The van der Waals surface area contributed by atoms with E-state index in [1.54, 1.807) is 10.9 Å². The highest BCUT2D eigenvalue weighted by molar-refractivity contribution is 5.94. The third-order valence-corrected chi connectivity index (χ3v) is 5.36. The highest BCUT2D eigenvalue weighted by Crippen LogP contribution is 2.39. The van der Waals surface area contributed by atoms with Gasteiger partial charge in [0, 0.05) is 19.3 Å². The Labute approximate surface area is 139 Å². The number of piperidine rings is 1. The van der Waals surface area contributed by atoms with Crippen molar-refractivity contribution in [2.45, 2.75) is 56.8 Å². The van der Waals surface area contributed by atoms with Crippen LogP contribution in [0.25, 0.3) is 0 Å². The van der Waals surface area contributed by atoms with Crippen LogP contribution in [0.15, 0.2) is 12.4 Å². The van der Waals surface area contributed by atoms with Gasteiger partial charge in [0.1, 0.15) is 5.54 Å². The van der Waals surface area contributed by atoms with Gasteiger partial charge < -0.3 is 10.2 Å². The molecule has 3 rings (SSSR count). The molecule has 2 aliphatic rings. The maximum Gasteiger partial charge on any atom is 0.411 e. The van der Waals surface area contributed by atoms with Crippen LogP contribution in [0.5, 0.6) is 0 Å². The van der Waals surface area contributed by atoms with E-state index in [1.165, 1.54) is 6.20 Å². The van der Waals surface area contributed by atoms with E-state index in [2.05, 4.69) is 10.4 Å². The van der Waals surface area contributed by atoms with Gasteiger partial charge in [-0.15, -0.1) is 0 Å². The number of aromatic nitrogens is 2. The molecular weight excluding hydrogens is 321 g/mol. The first-order valence-electron chi connectivity index (χ1n) is 8.50. The van der Waals surface area contributed by atoms with Gasteiger partial charge in [0.15, 0.2) is 0 Å². The summed E-state index contributed by atoms with van der Waals surface area (Å²) in [6.45, 7) is 3.30. The van der Waals surface area contributed by atoms with Crippen molar-refractivity contribution >= 4 is 5.91 Å². The van der Waals surface area contributed by atoms with Crippen LogP contribution >= 0.6 is 0 Å². The van der Waals surface area contributed by atoms with Crippen LogP contribution in [0.2, 0.25) is 0 Å². The summed E-state index contributed by atoms with van der Waals surface area (Å²) in [5, 5.41) is 6.41. The zero-order chi connectivity index (χ0) is 17.4. The zero-order valence-corrected chi connectivity index (χ0v) is 13.8. The fourth-order valence-corrected chi connectivity index (χ4v) is 3.33. The van der Waals surface area contributed by atoms with E-state index in [-0.39, 0.29) is 24.4 Å². The summed E-state index contributed by atoms with van der Waals surface area (Å²) in [5.41, 5.74) is -1.95. The molecule has 1 N–H and O–H groups in total. The van der Waals surface area contributed by atoms with Crippen LogP contribution < -0.4 is 5.32 Å². The summed E-state index contributed by atoms with van der Waals surface area (Å²) in [7, 11) is 0. The van der Waals surface area contributed by atoms with Gasteiger partial charge in [0.25, 0.3) is 5.91 Å². The lowest BCUT2D eigenvalue weighted by atomic mass is 9.86. The number of carbonyl (C=O) groups excluding carboxylic acids is 1. The van der Waals surface area contributed by atoms with Crippen LogP contribution in [-0.4, -0.2) is 51.9 Å². The lowest BCUT2D eigenvalue weighted by Gasteiger charge is -2.43. The molecular formula is C16H23F3N4O. The fourth-order valence-electron chi connectivity index (χ4n) is 3.33. The third kappa shape index (κ3) is 3.16. The minimum Gasteiger partial charge on any atom is -0.338 e. The van der Waals surface area contributed by atoms with Crippen LogP contribution in [0, 0.1) is 0 Å². The molecule has 8 heteroatoms. The van der Waals surface area contributed by atoms with Crippen molar-refractivity contribution in [1.82, 2.24) is 20.0 Å². The minimum atomic E-state index is -4.47. The van der Waals surface area contributed by atoms with Gasteiger partial charge in [0.05, 0.1) is 17.8 Å². The van der Waals surface area contributed by atoms with Crippen LogP contribution in [0.4, 0.5) is 13.2 Å². The highest BCUT2D eigenvalue weighted by Gasteiger charge is 2.56. The fraction of sp³-hybridized carbons (Fsp3) is 0.750. The summed E-state index contributed by atoms with van der Waals surface area (Å²) >= 11 is 0. The predicted octanol–water partition coefficient (Wildman–Crippen LogP) is 2.75. The van der Waals surface area contributed by atoms with Gasteiger partial charge in [-0.1, -0.05) is 6.92 Å². The summed E-state index contributed by atoms with van der Waals surface area (Å²) in [6, 6.07) is 0.274. The Morgan fingerprint density at radius 3 is 2.54 bits per heavy atom. The Morgan fingerprint density at radius 1 is 1.38 bits per heavy atom. The molecule has 0 radical (unpaired) electrons. The number of nitrogens with zero attached hydrogens (tertiary/aromatic N) is 3. The standard InChI is InChI=1S/C16H23F3N4O/c1-2-22-8-6-15(7-9-22,16(17,18)19)21-14(24)12-10-20-23(11-12)13-4-3-5-13/h10-11,13H,2-9H2,1H3,(H,21,24). The van der Waals surface area contributed by atoms with Gasteiger partial charge >= 0.3 is 6.18 Å². The first-order valence-corrected chi connectivity index (χ1v) is 8.50. The van der Waals surface area contributed by atoms with Crippen molar-refractivity contribution in [2.24, 2.45) is 0 Å². The van der Waals surface area contributed by atoms with Crippen molar-refractivity contribution in [3.63, 3.8) is 0 Å². The van der Waals surface area contributed by atoms with Crippen molar-refractivity contribution in [2.75, 3.05) is 19.6 Å². The van der Waals surface area contributed by atoms with E-state index < -0.39 is 17.6 Å². The molecule has 1 aromatic heterocycles. The first kappa shape index (κ1) is 17.3. The molecule has 0 spiro atoms. The van der Waals surface area contributed by atoms with Crippen molar-refractivity contribution in [3.05, 3.63) is 18.0 Å². The summed E-state index contributed by atoms with van der Waals surface area (Å²) in [4.78, 5) is 14.3. The quantitative estimate of drug-likeness (QED) is 0.914. The number of likely N-dealkylation sites (tertiary alicyclic amines) is 1. The number of hydrogen-bond donors (Lipinski definition) is 1. The Kier molecular flexibility index (Phi) is 4.59. The van der Waals surface area contributed by atoms with Gasteiger partial charge in [0.2, 0.25) is 0 Å². The largest absolute Gasteiger partial charge is 0.411 e. The molecule has 1 aliphatic heterocycles. The van der Waals surface area contributed by atoms with Crippen LogP contribution in [-0.2, 0) is 0 Å². The lowest BCUT2D eigenvalue weighted by Crippen LogP contribution is -2.63. The molecule has 1 amide bonds. The van der Waals surface area contributed by atoms with E-state index in [0.717, 1.165) is 25.8 Å². The maximum absolute atomic E-state index is 13.6. The van der Waals surface area contributed by atoms with E-state index in [4.69, 9.17) is 0 Å². The van der Waals surface area contributed by atoms with E-state index in [0.29, 0.717) is 13.1 Å². The van der Waals surface area contributed by atoms with Crippen molar-refractivity contribution in [3.8, 4) is 0 Å². The number of carbonyl (C=O) groups is 1. The molecule has 0 bridgehead atoms. The molecule has 0 aromatic carbocycles. The topological polar surface area (TPSA) is 50.2 Å². The third-order valence-electron chi connectivity index (χ3n) is 5.36. The first-order chi connectivity index (χ1) is 11.3. The minimum absolute atomic E-state index is 0.118. The average molecular weight is 344 g/mol. The number of halogens is 3. The highest BCUT2D eigenvalue weighted by atomic mass is 19.4. The molecule has 0 unspecified atom stereocenters. The van der Waals surface area contributed by atoms with Crippen molar-refractivity contribution < 1.29 is 18.0 Å². The molecule has 1 saturated carbocycles. The summed E-state index contributed by atoms with van der Waals surface area (Å²) in [5.74, 6) is -0.692. The number of hydrogen-bond acceptors (Lipinski definition) is 3. The average Bonchev–Trinajstić information content (AvgIpc) is 2.94. The van der Waals surface area contributed by atoms with Crippen LogP contribution in [0.1, 0.15) is 55.4 Å². The Bertz CT molecular complexity index is 586. The SMILES string of the molecule is CCN1CCC(NC(=O)c2cnn(C3CCC3)c2)(C(F)(F)F)CC1. The van der Waals surface area contributed by atoms with Gasteiger partial charge in [-0.3, -0.25) is 9.48 Å². The van der Waals surface area contributed by atoms with Crippen molar-refractivity contribution in [1.29, 1.82) is 0 Å². The summed E-state index contributed by atoms with van der Waals surface area (Å²) < 4.78 is 42.6. The monoisotopic (exact) mass is 344 g/mol. The van der Waals surface area contributed by atoms with Gasteiger partial charge in [-0.05, 0) is 38.6 Å². The lowest BCUT2D eigenvalue weighted by molar-refractivity contribution is -0.205. The molecule has 134 valence electrons. The number of rotatable bonds is 4. The molecule has 1 aromatic rings. The van der Waals surface area contributed by atoms with E-state index in [9.17, 15) is 18.0 Å². The number of nitrogens with one attached hydrogen (secondary N) is 1. The van der Waals surface area contributed by atoms with Gasteiger partial charge in [-0.25, -0.2) is 0 Å². The molecule has 2 fully saturated rings. The molecule has 24 heavy (non-hydrogen) atoms.